The molecule has 2 aliphatic rings. The van der Waals surface area contributed by atoms with Gasteiger partial charge in [0.2, 0.25) is 0 Å². The summed E-state index contributed by atoms with van der Waals surface area (Å²) in [7, 11) is 0. The predicted molar refractivity (Wildman–Crippen MR) is 180 cm³/mol. The first-order valence-corrected chi connectivity index (χ1v) is 16.5. The monoisotopic (exact) mass is 614 g/mol. The van der Waals surface area contributed by atoms with Crippen LogP contribution in [-0.2, 0) is 26.2 Å². The van der Waals surface area contributed by atoms with Crippen LogP contribution in [0.4, 0.5) is 34.1 Å². The van der Waals surface area contributed by atoms with Gasteiger partial charge in [0.05, 0.1) is 24.5 Å². The average molecular weight is 615 g/mol. The lowest BCUT2D eigenvalue weighted by Crippen LogP contribution is -2.39. The van der Waals surface area contributed by atoms with Crippen LogP contribution in [-0.4, -0.2) is 35.5 Å². The van der Waals surface area contributed by atoms with Crippen molar-refractivity contribution in [2.45, 2.75) is 51.9 Å². The van der Waals surface area contributed by atoms with Crippen molar-refractivity contribution in [1.82, 2.24) is 9.36 Å². The quantitative estimate of drug-likeness (QED) is 0.109. The molecule has 7 rings (SSSR count). The summed E-state index contributed by atoms with van der Waals surface area (Å²) in [5.74, 6) is 0. The van der Waals surface area contributed by atoms with E-state index in [2.05, 4.69) is 97.8 Å². The minimum Gasteiger partial charge on any atom is -0.372 e. The van der Waals surface area contributed by atoms with Crippen LogP contribution in [0.1, 0.15) is 25.7 Å². The highest BCUT2D eigenvalue weighted by molar-refractivity contribution is 5.54. The maximum Gasteiger partial charge on any atom is 0.196 e. The van der Waals surface area contributed by atoms with Crippen molar-refractivity contribution in [3.05, 3.63) is 110 Å². The molecule has 0 atom stereocenters. The zero-order valence-corrected chi connectivity index (χ0v) is 26.3. The molecule has 46 heavy (non-hydrogen) atoms. The molecule has 2 aromatic carbocycles. The lowest BCUT2D eigenvalue weighted by atomic mass is 10.2. The molecule has 3 aromatic heterocycles. The standard InChI is InChI=1S/C36H42N10/c1-2-20-43(19-1)35-13-9-31(10-14-35)37-39-33-7-5-17-41(29-33)23-25-45-27-28-46(45)26-24-42-18-6-8-34(30-42)40-38-32-11-15-36(16-12-32)44-21-3-4-22-44/h5-18,27-30H,1-4,19-26H2/q+2. The Morgan fingerprint density at radius 1 is 0.478 bits per heavy atom. The minimum absolute atomic E-state index is 0.842. The van der Waals surface area contributed by atoms with Gasteiger partial charge in [0.25, 0.3) is 0 Å². The minimum atomic E-state index is 0.842. The lowest BCUT2D eigenvalue weighted by molar-refractivity contribution is -0.699. The van der Waals surface area contributed by atoms with Crippen LogP contribution in [0.5, 0.6) is 0 Å². The molecular formula is C36H42N10+2. The Hall–Kier alpha value is -5.12. The predicted octanol–water partition coefficient (Wildman–Crippen LogP) is 7.30. The van der Waals surface area contributed by atoms with Crippen LogP contribution in [0.15, 0.2) is 130 Å². The van der Waals surface area contributed by atoms with Gasteiger partial charge in [0, 0.05) is 62.1 Å². The van der Waals surface area contributed by atoms with E-state index in [1.165, 1.54) is 37.1 Å². The zero-order chi connectivity index (χ0) is 31.0. The summed E-state index contributed by atoms with van der Waals surface area (Å²) in [4.78, 5) is 4.85. The summed E-state index contributed by atoms with van der Waals surface area (Å²) < 4.78 is 8.83. The second-order valence-corrected chi connectivity index (χ2v) is 12.0. The Kier molecular flexibility index (Phi) is 9.21. The molecular weight excluding hydrogens is 572 g/mol. The van der Waals surface area contributed by atoms with E-state index in [1.807, 2.05) is 60.9 Å². The Bertz CT molecular complexity index is 1620. The van der Waals surface area contributed by atoms with E-state index in [0.29, 0.717) is 0 Å². The molecule has 10 nitrogen and oxygen atoms in total. The van der Waals surface area contributed by atoms with Crippen molar-refractivity contribution in [3.8, 4) is 0 Å². The fourth-order valence-electron chi connectivity index (χ4n) is 6.15. The molecule has 0 N–H and O–H groups in total. The molecule has 0 radical (unpaired) electrons. The van der Waals surface area contributed by atoms with Gasteiger partial charge in [-0.25, -0.2) is 9.13 Å². The number of pyridine rings is 2. The van der Waals surface area contributed by atoms with Gasteiger partial charge in [-0.3, -0.25) is 9.36 Å². The molecule has 2 fully saturated rings. The van der Waals surface area contributed by atoms with E-state index < -0.39 is 0 Å². The van der Waals surface area contributed by atoms with Gasteiger partial charge in [0.15, 0.2) is 37.9 Å². The van der Waals surface area contributed by atoms with Gasteiger partial charge in [-0.05, 0) is 86.3 Å². The highest BCUT2D eigenvalue weighted by Gasteiger charge is 2.13. The van der Waals surface area contributed by atoms with Gasteiger partial charge >= 0.3 is 0 Å². The number of nitrogens with zero attached hydrogens (tertiary/aromatic N) is 10. The van der Waals surface area contributed by atoms with Crippen LogP contribution < -0.4 is 18.9 Å². The van der Waals surface area contributed by atoms with Gasteiger partial charge in [-0.15, -0.1) is 10.2 Å². The molecule has 5 aromatic rings. The number of anilines is 2. The normalized spacial score (nSPS) is 15.2. The third-order valence-corrected chi connectivity index (χ3v) is 8.80. The molecule has 2 saturated heterocycles. The van der Waals surface area contributed by atoms with Gasteiger partial charge in [-0.2, -0.15) is 10.2 Å². The van der Waals surface area contributed by atoms with E-state index in [4.69, 9.17) is 0 Å². The van der Waals surface area contributed by atoms with Crippen molar-refractivity contribution in [2.75, 3.05) is 36.0 Å². The fraction of sp³-hybridized carbons (Fsp3) is 0.333. The largest absolute Gasteiger partial charge is 0.372 e. The van der Waals surface area contributed by atoms with E-state index >= 15 is 0 Å². The third-order valence-electron chi connectivity index (χ3n) is 8.80. The maximum absolute atomic E-state index is 4.49. The zero-order valence-electron chi connectivity index (χ0n) is 26.3. The van der Waals surface area contributed by atoms with E-state index in [9.17, 15) is 0 Å². The van der Waals surface area contributed by atoms with Gasteiger partial charge in [0.1, 0.15) is 11.4 Å². The van der Waals surface area contributed by atoms with E-state index in [0.717, 1.165) is 75.1 Å². The van der Waals surface area contributed by atoms with Crippen molar-refractivity contribution in [1.29, 1.82) is 0 Å². The van der Waals surface area contributed by atoms with E-state index in [-0.39, 0.29) is 0 Å². The molecule has 0 amide bonds. The molecule has 10 heteroatoms. The Morgan fingerprint density at radius 3 is 1.26 bits per heavy atom. The topological polar surface area (TPSA) is 73.5 Å². The van der Waals surface area contributed by atoms with Crippen LogP contribution in [0.25, 0.3) is 0 Å². The third kappa shape index (κ3) is 7.56. The first-order valence-electron chi connectivity index (χ1n) is 16.5. The SMILES string of the molecule is c1cc(N=Nc2ccc(N3CCCC3)cc2)c[n+](CCn2ccn2CC[n+]2cccc(N=Nc3ccc(N4CCCC4)cc3)c2)c1. The van der Waals surface area contributed by atoms with Crippen LogP contribution in [0.3, 0.4) is 0 Å². The fourth-order valence-corrected chi connectivity index (χ4v) is 6.15. The molecule has 0 saturated carbocycles. The van der Waals surface area contributed by atoms with Crippen molar-refractivity contribution < 1.29 is 9.13 Å². The number of azo groups is 2. The summed E-state index contributed by atoms with van der Waals surface area (Å²) >= 11 is 0. The molecule has 0 spiro atoms. The van der Waals surface area contributed by atoms with Crippen LogP contribution in [0.2, 0.25) is 0 Å². The molecule has 2 aliphatic heterocycles. The lowest BCUT2D eigenvalue weighted by Gasteiger charge is -2.18. The summed E-state index contributed by atoms with van der Waals surface area (Å²) in [6, 6.07) is 24.8. The molecule has 0 bridgehead atoms. The number of benzene rings is 2. The second kappa shape index (κ2) is 14.3. The van der Waals surface area contributed by atoms with Crippen molar-refractivity contribution in [2.24, 2.45) is 20.5 Å². The van der Waals surface area contributed by atoms with Crippen LogP contribution in [0, 0.1) is 0 Å². The highest BCUT2D eigenvalue weighted by Crippen LogP contribution is 2.26. The number of aryl methyl sites for hydroxylation is 4. The van der Waals surface area contributed by atoms with E-state index in [1.54, 1.807) is 0 Å². The molecule has 0 aliphatic carbocycles. The summed E-state index contributed by atoms with van der Waals surface area (Å²) in [6.07, 6.45) is 17.6. The highest BCUT2D eigenvalue weighted by atomic mass is 15.4. The Balaban J connectivity index is 0.888. The maximum atomic E-state index is 4.49. The molecule has 5 heterocycles. The first-order chi connectivity index (χ1) is 22.7. The second-order valence-electron chi connectivity index (χ2n) is 12.0. The number of aromatic nitrogens is 4. The average Bonchev–Trinajstić information content (AvgIpc) is 3.83. The number of rotatable bonds is 12. The first kappa shape index (κ1) is 29.6. The van der Waals surface area contributed by atoms with Gasteiger partial charge in [-0.1, -0.05) is 0 Å². The Morgan fingerprint density at radius 2 is 0.870 bits per heavy atom. The summed E-state index contributed by atoms with van der Waals surface area (Å²) in [6.45, 7) is 8.01. The number of hydrogen-bond acceptors (Lipinski definition) is 6. The molecule has 234 valence electrons. The molecule has 0 unspecified atom stereocenters. The Labute approximate surface area is 270 Å². The van der Waals surface area contributed by atoms with Crippen LogP contribution >= 0.6 is 0 Å². The number of hydrogen-bond donors (Lipinski definition) is 0. The van der Waals surface area contributed by atoms with Gasteiger partial charge < -0.3 is 9.80 Å². The summed E-state index contributed by atoms with van der Waals surface area (Å²) in [5.41, 5.74) is 5.96. The summed E-state index contributed by atoms with van der Waals surface area (Å²) in [5, 5.41) is 17.9. The smallest absolute Gasteiger partial charge is 0.196 e. The van der Waals surface area contributed by atoms with Crippen molar-refractivity contribution >= 4 is 34.1 Å². The van der Waals surface area contributed by atoms with Crippen molar-refractivity contribution in [3.63, 3.8) is 0 Å².